The Kier molecular flexibility index (Phi) is 8.29. The fourth-order valence-corrected chi connectivity index (χ4v) is 2.56. The van der Waals surface area contributed by atoms with Gasteiger partial charge in [-0.1, -0.05) is 6.07 Å². The molecular formula is C19H21F2N3O6. The van der Waals surface area contributed by atoms with E-state index in [1.807, 2.05) is 0 Å². The second kappa shape index (κ2) is 10.9. The maximum atomic E-state index is 12.4. The van der Waals surface area contributed by atoms with E-state index < -0.39 is 17.4 Å². The smallest absolute Gasteiger partial charge is 0.387 e. The molecule has 0 aromatic heterocycles. The van der Waals surface area contributed by atoms with Crippen molar-refractivity contribution in [1.82, 2.24) is 5.32 Å². The summed E-state index contributed by atoms with van der Waals surface area (Å²) in [7, 11) is 2.82. The largest absolute Gasteiger partial charge is 0.493 e. The van der Waals surface area contributed by atoms with Crippen LogP contribution in [0.2, 0.25) is 0 Å². The highest BCUT2D eigenvalue weighted by Crippen LogP contribution is 2.29. The van der Waals surface area contributed by atoms with Gasteiger partial charge in [-0.15, -0.1) is 0 Å². The van der Waals surface area contributed by atoms with Crippen LogP contribution in [0.4, 0.5) is 20.2 Å². The molecule has 1 amide bonds. The fraction of sp³-hybridized carbons (Fsp3) is 0.316. The SMILES string of the molecule is COCCNc1ccc(C(=O)NCc2ccc(OC(F)F)c(OC)c2)cc1[N+](=O)[O-]. The molecule has 0 aliphatic rings. The van der Waals surface area contributed by atoms with Gasteiger partial charge >= 0.3 is 6.61 Å². The standard InChI is InChI=1S/C19H21F2N3O6/c1-28-8-7-22-14-5-4-13(10-15(14)24(26)27)18(25)23-11-12-3-6-16(30-19(20)21)17(9-12)29-2/h3-6,9-10,19,22H,7-8,11H2,1-2H3,(H,23,25). The fourth-order valence-electron chi connectivity index (χ4n) is 2.56. The van der Waals surface area contributed by atoms with E-state index in [9.17, 15) is 23.7 Å². The molecule has 0 atom stereocenters. The van der Waals surface area contributed by atoms with Crippen LogP contribution >= 0.6 is 0 Å². The number of benzene rings is 2. The minimum atomic E-state index is -2.99. The van der Waals surface area contributed by atoms with Crippen LogP contribution in [0.15, 0.2) is 36.4 Å². The van der Waals surface area contributed by atoms with E-state index in [4.69, 9.17) is 9.47 Å². The van der Waals surface area contributed by atoms with Gasteiger partial charge in [0.2, 0.25) is 0 Å². The van der Waals surface area contributed by atoms with E-state index >= 15 is 0 Å². The van der Waals surface area contributed by atoms with Gasteiger partial charge in [0.25, 0.3) is 11.6 Å². The van der Waals surface area contributed by atoms with Gasteiger partial charge in [-0.05, 0) is 29.8 Å². The molecule has 0 saturated heterocycles. The normalized spacial score (nSPS) is 10.6. The highest BCUT2D eigenvalue weighted by Gasteiger charge is 2.18. The number of anilines is 1. The van der Waals surface area contributed by atoms with Crippen molar-refractivity contribution in [3.8, 4) is 11.5 Å². The quantitative estimate of drug-likeness (QED) is 0.323. The van der Waals surface area contributed by atoms with Crippen molar-refractivity contribution in [3.63, 3.8) is 0 Å². The number of methoxy groups -OCH3 is 2. The van der Waals surface area contributed by atoms with Crippen molar-refractivity contribution >= 4 is 17.3 Å². The minimum absolute atomic E-state index is 0.0474. The number of nitro benzene ring substituents is 1. The zero-order chi connectivity index (χ0) is 22.1. The van der Waals surface area contributed by atoms with Crippen LogP contribution < -0.4 is 20.1 Å². The number of ether oxygens (including phenoxy) is 3. The minimum Gasteiger partial charge on any atom is -0.493 e. The molecule has 2 aromatic rings. The number of carbonyl (C=O) groups excluding carboxylic acids is 1. The third kappa shape index (κ3) is 6.27. The Balaban J connectivity index is 2.08. The average molecular weight is 425 g/mol. The maximum absolute atomic E-state index is 12.4. The number of rotatable bonds is 11. The van der Waals surface area contributed by atoms with Crippen molar-refractivity contribution in [2.45, 2.75) is 13.2 Å². The molecule has 0 spiro atoms. The van der Waals surface area contributed by atoms with Crippen LogP contribution in [0, 0.1) is 10.1 Å². The highest BCUT2D eigenvalue weighted by atomic mass is 19.3. The first-order chi connectivity index (χ1) is 14.3. The first-order valence-corrected chi connectivity index (χ1v) is 8.77. The van der Waals surface area contributed by atoms with Crippen LogP contribution in [-0.4, -0.2) is 44.8 Å². The molecule has 0 fully saturated rings. The molecule has 2 aromatic carbocycles. The molecule has 0 aliphatic heterocycles. The Hall–Kier alpha value is -3.47. The number of nitro groups is 1. The predicted octanol–water partition coefficient (Wildman–Crippen LogP) is 3.19. The Bertz CT molecular complexity index is 895. The number of nitrogens with one attached hydrogen (secondary N) is 2. The van der Waals surface area contributed by atoms with E-state index in [0.29, 0.717) is 18.7 Å². The van der Waals surface area contributed by atoms with E-state index in [2.05, 4.69) is 15.4 Å². The summed E-state index contributed by atoms with van der Waals surface area (Å²) < 4.78 is 39.0. The van der Waals surface area contributed by atoms with Crippen molar-refractivity contribution in [2.24, 2.45) is 0 Å². The summed E-state index contributed by atoms with van der Waals surface area (Å²) in [5.41, 5.74) is 0.694. The van der Waals surface area contributed by atoms with Gasteiger partial charge in [0.05, 0.1) is 18.6 Å². The van der Waals surface area contributed by atoms with Crippen LogP contribution in [0.5, 0.6) is 11.5 Å². The summed E-state index contributed by atoms with van der Waals surface area (Å²) in [4.78, 5) is 23.1. The first kappa shape index (κ1) is 22.8. The van der Waals surface area contributed by atoms with Gasteiger partial charge in [-0.2, -0.15) is 8.78 Å². The molecule has 0 unspecified atom stereocenters. The number of nitrogens with zero attached hydrogens (tertiary/aromatic N) is 1. The molecule has 0 saturated carbocycles. The lowest BCUT2D eigenvalue weighted by Gasteiger charge is -2.12. The average Bonchev–Trinajstić information content (AvgIpc) is 2.72. The second-order valence-electron chi connectivity index (χ2n) is 5.96. The molecule has 0 heterocycles. The molecular weight excluding hydrogens is 404 g/mol. The highest BCUT2D eigenvalue weighted by molar-refractivity contribution is 5.95. The zero-order valence-electron chi connectivity index (χ0n) is 16.3. The van der Waals surface area contributed by atoms with Gasteiger partial charge in [-0.3, -0.25) is 14.9 Å². The first-order valence-electron chi connectivity index (χ1n) is 8.77. The molecule has 162 valence electrons. The summed E-state index contributed by atoms with van der Waals surface area (Å²) in [5.74, 6) is -0.577. The molecule has 0 aliphatic carbocycles. The summed E-state index contributed by atoms with van der Waals surface area (Å²) in [6.45, 7) is -2.21. The summed E-state index contributed by atoms with van der Waals surface area (Å²) >= 11 is 0. The van der Waals surface area contributed by atoms with Crippen molar-refractivity contribution in [3.05, 3.63) is 57.6 Å². The number of hydrogen-bond acceptors (Lipinski definition) is 7. The predicted molar refractivity (Wildman–Crippen MR) is 104 cm³/mol. The Morgan fingerprint density at radius 3 is 2.57 bits per heavy atom. The van der Waals surface area contributed by atoms with Gasteiger partial charge in [0.15, 0.2) is 11.5 Å². The molecule has 0 bridgehead atoms. The van der Waals surface area contributed by atoms with E-state index in [1.54, 1.807) is 0 Å². The molecule has 2 N–H and O–H groups in total. The van der Waals surface area contributed by atoms with Crippen molar-refractivity contribution < 1.29 is 32.7 Å². The number of alkyl halides is 2. The van der Waals surface area contributed by atoms with E-state index in [1.165, 1.54) is 50.6 Å². The van der Waals surface area contributed by atoms with Gasteiger partial charge in [0, 0.05) is 31.8 Å². The Morgan fingerprint density at radius 2 is 1.93 bits per heavy atom. The van der Waals surface area contributed by atoms with Crippen LogP contribution in [0.3, 0.4) is 0 Å². The molecule has 0 radical (unpaired) electrons. The van der Waals surface area contributed by atoms with Gasteiger partial charge < -0.3 is 24.8 Å². The summed E-state index contributed by atoms with van der Waals surface area (Å²) in [5, 5.41) is 16.8. The van der Waals surface area contributed by atoms with Crippen molar-refractivity contribution in [1.29, 1.82) is 0 Å². The summed E-state index contributed by atoms with van der Waals surface area (Å²) in [6, 6.07) is 8.32. The molecule has 30 heavy (non-hydrogen) atoms. The molecule has 9 nitrogen and oxygen atoms in total. The van der Waals surface area contributed by atoms with Crippen LogP contribution in [-0.2, 0) is 11.3 Å². The topological polar surface area (TPSA) is 112 Å². The third-order valence-electron chi connectivity index (χ3n) is 3.98. The second-order valence-corrected chi connectivity index (χ2v) is 5.96. The Labute approximate surface area is 171 Å². The van der Waals surface area contributed by atoms with Gasteiger partial charge in [-0.25, -0.2) is 0 Å². The number of amides is 1. The zero-order valence-corrected chi connectivity index (χ0v) is 16.3. The number of hydrogen-bond donors (Lipinski definition) is 2. The van der Waals surface area contributed by atoms with Gasteiger partial charge in [0.1, 0.15) is 5.69 Å². The van der Waals surface area contributed by atoms with E-state index in [-0.39, 0.29) is 35.0 Å². The molecule has 11 heteroatoms. The number of carbonyl (C=O) groups is 1. The monoisotopic (exact) mass is 425 g/mol. The Morgan fingerprint density at radius 1 is 1.17 bits per heavy atom. The molecule has 2 rings (SSSR count). The lowest BCUT2D eigenvalue weighted by molar-refractivity contribution is -0.384. The van der Waals surface area contributed by atoms with Crippen LogP contribution in [0.25, 0.3) is 0 Å². The van der Waals surface area contributed by atoms with Crippen LogP contribution in [0.1, 0.15) is 15.9 Å². The lowest BCUT2D eigenvalue weighted by atomic mass is 10.1. The summed E-state index contributed by atoms with van der Waals surface area (Å²) in [6.07, 6.45) is 0. The third-order valence-corrected chi connectivity index (χ3v) is 3.98. The maximum Gasteiger partial charge on any atom is 0.387 e. The lowest BCUT2D eigenvalue weighted by Crippen LogP contribution is -2.23. The number of halogens is 2. The van der Waals surface area contributed by atoms with E-state index in [0.717, 1.165) is 0 Å². The van der Waals surface area contributed by atoms with Crippen molar-refractivity contribution in [2.75, 3.05) is 32.7 Å².